The van der Waals surface area contributed by atoms with Gasteiger partial charge in [-0.3, -0.25) is 9.11 Å². The predicted octanol–water partition coefficient (Wildman–Crippen LogP) is -8.98. The van der Waals surface area contributed by atoms with Crippen molar-refractivity contribution in [2.24, 2.45) is 0 Å². The summed E-state index contributed by atoms with van der Waals surface area (Å²) >= 11 is 3.47. The Morgan fingerprint density at radius 3 is 1.10 bits per heavy atom. The molecule has 0 aliphatic rings. The van der Waals surface area contributed by atoms with Gasteiger partial charge in [-0.05, 0) is 0 Å². The topological polar surface area (TPSA) is 57.5 Å². The molecule has 60 valence electrons. The summed E-state index contributed by atoms with van der Waals surface area (Å²) < 4.78 is 24.0. The number of hydrogen-bond donors (Lipinski definition) is 2. The minimum atomic E-state index is -3.83. The zero-order valence-electron chi connectivity index (χ0n) is 8.72. The van der Waals surface area contributed by atoms with Crippen molar-refractivity contribution in [3.05, 3.63) is 0 Å². The Morgan fingerprint density at radius 1 is 1.10 bits per heavy atom. The van der Waals surface area contributed by atoms with Gasteiger partial charge in [0.05, 0.1) is 0 Å². The average molecular weight is 580 g/mol. The van der Waals surface area contributed by atoms with Crippen LogP contribution in [0.5, 0.6) is 0 Å². The first-order valence-electron chi connectivity index (χ1n) is 0.698. The van der Waals surface area contributed by atoms with Crippen molar-refractivity contribution >= 4 is 20.2 Å². The van der Waals surface area contributed by atoms with E-state index in [-0.39, 0.29) is 138 Å². The maximum Gasteiger partial charge on any atom is 1.00 e. The van der Waals surface area contributed by atoms with Crippen LogP contribution in [0.2, 0.25) is 0 Å². The Labute approximate surface area is 167 Å². The van der Waals surface area contributed by atoms with Crippen LogP contribution >= 0.6 is 0 Å². The molecule has 3 nitrogen and oxygen atoms in total. The van der Waals surface area contributed by atoms with E-state index in [1.807, 2.05) is 0 Å². The molecule has 0 rings (SSSR count). The second-order valence-electron chi connectivity index (χ2n) is 0.448. The van der Waals surface area contributed by atoms with Crippen LogP contribution in [0.15, 0.2) is 0 Å². The van der Waals surface area contributed by atoms with Crippen molar-refractivity contribution in [1.29, 1.82) is 0 Å². The fourth-order valence-electron chi connectivity index (χ4n) is 0. The van der Waals surface area contributed by atoms with Gasteiger partial charge in [0.1, 0.15) is 0 Å². The molecule has 0 atom stereocenters. The SMILES string of the molecule is O=S(O)(O)=S.[Au].[Au].[H-].[H-].[H-].[Na+].[Na+].[Na+]. The minimum Gasteiger partial charge on any atom is -1.00 e. The molecule has 10 heavy (non-hydrogen) atoms. The van der Waals surface area contributed by atoms with Crippen molar-refractivity contribution in [2.75, 3.05) is 0 Å². The Kier molecular flexibility index (Phi) is 70.5. The second kappa shape index (κ2) is 19.4. The zero-order chi connectivity index (χ0) is 4.50. The molecule has 0 heterocycles. The summed E-state index contributed by atoms with van der Waals surface area (Å²) in [4.78, 5) is 0. The molecule has 10 heteroatoms. The first-order chi connectivity index (χ1) is 2.00. The van der Waals surface area contributed by atoms with Crippen LogP contribution in [-0.4, -0.2) is 13.3 Å². The first-order valence-corrected chi connectivity index (χ1v) is 3.10. The van der Waals surface area contributed by atoms with Crippen LogP contribution in [0.3, 0.4) is 0 Å². The van der Waals surface area contributed by atoms with Crippen LogP contribution < -0.4 is 88.7 Å². The maximum atomic E-state index is 9.11. The fraction of sp³-hybridized carbons (Fsp3) is 0. The molecule has 0 unspecified atom stereocenters. The Balaban J connectivity index is -0.00000000286. The van der Waals surface area contributed by atoms with Gasteiger partial charge in [0, 0.05) is 55.9 Å². The molecule has 2 N–H and O–H groups in total. The third-order valence-electron chi connectivity index (χ3n) is 0. The van der Waals surface area contributed by atoms with Gasteiger partial charge >= 0.3 is 88.7 Å². The van der Waals surface area contributed by atoms with E-state index in [4.69, 9.17) is 13.3 Å². The van der Waals surface area contributed by atoms with Crippen LogP contribution in [0, 0.1) is 0 Å². The minimum absolute atomic E-state index is 0. The Bertz CT molecular complexity index is 113. The summed E-state index contributed by atoms with van der Waals surface area (Å²) in [5.41, 5.74) is 0. The predicted molar refractivity (Wildman–Crippen MR) is 24.1 cm³/mol. The summed E-state index contributed by atoms with van der Waals surface area (Å²) in [6.07, 6.45) is 0. The van der Waals surface area contributed by atoms with Gasteiger partial charge < -0.3 is 4.28 Å². The standard InChI is InChI=1S/2Au.3Na.H2O3S2.3H/c;;;;;1-5(2,3)4;;;/h;;;;;(H2,1,2,3,4);;;/q;;3*+1;;3*-1. The summed E-state index contributed by atoms with van der Waals surface area (Å²) in [7, 11) is -3.83. The van der Waals surface area contributed by atoms with Crippen molar-refractivity contribution in [1.82, 2.24) is 0 Å². The molecule has 0 fully saturated rings. The van der Waals surface area contributed by atoms with Gasteiger partial charge in [-0.1, -0.05) is 0 Å². The molecule has 0 aliphatic heterocycles. The van der Waals surface area contributed by atoms with Gasteiger partial charge in [-0.15, -0.1) is 0 Å². The van der Waals surface area contributed by atoms with E-state index in [1.165, 1.54) is 0 Å². The third-order valence-corrected chi connectivity index (χ3v) is 0. The van der Waals surface area contributed by atoms with Gasteiger partial charge in [-0.25, -0.2) is 0 Å². The van der Waals surface area contributed by atoms with E-state index in [0.717, 1.165) is 0 Å². The molecule has 0 aromatic heterocycles. The molecular weight excluding hydrogens is 575 g/mol. The maximum absolute atomic E-state index is 9.11. The number of hydrogen-bond acceptors (Lipinski definition) is 2. The summed E-state index contributed by atoms with van der Waals surface area (Å²) in [5, 5.41) is 0. The molecular formula is H5Au2Na3O3S2. The molecule has 2 radical (unpaired) electrons. The van der Waals surface area contributed by atoms with Gasteiger partial charge in [0.25, 0.3) is 9.05 Å². The van der Waals surface area contributed by atoms with E-state index in [2.05, 4.69) is 11.2 Å². The largest absolute Gasteiger partial charge is 1.00 e. The molecule has 0 amide bonds. The Morgan fingerprint density at radius 2 is 1.10 bits per heavy atom. The van der Waals surface area contributed by atoms with E-state index < -0.39 is 9.05 Å². The molecule has 0 saturated heterocycles. The van der Waals surface area contributed by atoms with Gasteiger partial charge in [-0.2, -0.15) is 4.21 Å². The third kappa shape index (κ3) is 77.7. The molecule has 0 spiro atoms. The van der Waals surface area contributed by atoms with Crippen molar-refractivity contribution < 1.29 is 151 Å². The van der Waals surface area contributed by atoms with Crippen molar-refractivity contribution in [3.63, 3.8) is 0 Å². The van der Waals surface area contributed by atoms with Crippen LogP contribution in [0.4, 0.5) is 0 Å². The quantitative estimate of drug-likeness (QED) is 0.280. The average Bonchev–Trinajstić information content (AvgIpc) is 0.722. The normalized spacial score (nSPS) is 5.80. The Hall–Kier alpha value is 4.77. The van der Waals surface area contributed by atoms with Crippen LogP contribution in [-0.2, 0) is 65.0 Å². The fourth-order valence-corrected chi connectivity index (χ4v) is 0. The summed E-state index contributed by atoms with van der Waals surface area (Å²) in [5.74, 6) is 0. The van der Waals surface area contributed by atoms with Crippen molar-refractivity contribution in [3.8, 4) is 0 Å². The van der Waals surface area contributed by atoms with E-state index >= 15 is 0 Å². The van der Waals surface area contributed by atoms with E-state index in [1.54, 1.807) is 0 Å². The van der Waals surface area contributed by atoms with Crippen LogP contribution in [0.25, 0.3) is 0 Å². The molecule has 0 aromatic rings. The van der Waals surface area contributed by atoms with E-state index in [0.29, 0.717) is 0 Å². The smallest absolute Gasteiger partial charge is 1.00 e. The molecule has 0 aliphatic carbocycles. The molecule has 0 saturated carbocycles. The second-order valence-corrected chi connectivity index (χ2v) is 2.65. The molecule has 0 aromatic carbocycles. The van der Waals surface area contributed by atoms with E-state index in [9.17, 15) is 0 Å². The summed E-state index contributed by atoms with van der Waals surface area (Å²) in [6.45, 7) is 0. The first kappa shape index (κ1) is 36.4. The van der Waals surface area contributed by atoms with Gasteiger partial charge in [0.2, 0.25) is 0 Å². The zero-order valence-corrected chi connectivity index (χ0v) is 17.7. The summed E-state index contributed by atoms with van der Waals surface area (Å²) in [6, 6.07) is 0. The van der Waals surface area contributed by atoms with Crippen LogP contribution in [0.1, 0.15) is 4.28 Å². The number of rotatable bonds is 0. The van der Waals surface area contributed by atoms with Gasteiger partial charge in [0.15, 0.2) is 0 Å². The monoisotopic (exact) mass is 580 g/mol. The van der Waals surface area contributed by atoms with Crippen molar-refractivity contribution in [2.45, 2.75) is 0 Å². The molecule has 0 bridgehead atoms.